The van der Waals surface area contributed by atoms with Gasteiger partial charge >= 0.3 is 0 Å². The van der Waals surface area contributed by atoms with Gasteiger partial charge in [0.25, 0.3) is 0 Å². The summed E-state index contributed by atoms with van der Waals surface area (Å²) in [4.78, 5) is 0. The number of hydrogen-bond acceptors (Lipinski definition) is 2. The van der Waals surface area contributed by atoms with E-state index in [1.54, 1.807) is 12.1 Å². The van der Waals surface area contributed by atoms with Gasteiger partial charge < -0.3 is 5.32 Å². The summed E-state index contributed by atoms with van der Waals surface area (Å²) in [6, 6.07) is 7.19. The van der Waals surface area contributed by atoms with Crippen molar-refractivity contribution in [1.29, 1.82) is 0 Å². The predicted molar refractivity (Wildman–Crippen MR) is 84.5 cm³/mol. The first-order valence-corrected chi connectivity index (χ1v) is 8.48. The van der Waals surface area contributed by atoms with Crippen molar-refractivity contribution in [2.75, 3.05) is 25.1 Å². The highest BCUT2D eigenvalue weighted by atomic mass is 32.2. The Kier molecular flexibility index (Phi) is 8.15. The molecule has 1 aromatic rings. The molecule has 0 aliphatic carbocycles. The topological polar surface area (TPSA) is 12.0 Å². The summed E-state index contributed by atoms with van der Waals surface area (Å²) in [7, 11) is 0. The van der Waals surface area contributed by atoms with Crippen LogP contribution in [0.15, 0.2) is 24.3 Å². The molecule has 0 saturated heterocycles. The molecule has 0 aromatic heterocycles. The number of rotatable bonds is 9. The molecule has 1 atom stereocenters. The Bertz CT molecular complexity index is 354. The molecule has 1 unspecified atom stereocenters. The fourth-order valence-electron chi connectivity index (χ4n) is 2.19. The van der Waals surface area contributed by atoms with Crippen LogP contribution in [-0.4, -0.2) is 25.1 Å². The van der Waals surface area contributed by atoms with Crippen LogP contribution in [0.4, 0.5) is 4.39 Å². The molecule has 0 spiro atoms. The molecular weight excluding hydrogens is 257 g/mol. The molecule has 1 N–H and O–H groups in total. The van der Waals surface area contributed by atoms with E-state index < -0.39 is 0 Å². The van der Waals surface area contributed by atoms with Gasteiger partial charge in [-0.2, -0.15) is 11.8 Å². The van der Waals surface area contributed by atoms with Gasteiger partial charge in [0.2, 0.25) is 0 Å². The van der Waals surface area contributed by atoms with E-state index in [2.05, 4.69) is 25.4 Å². The summed E-state index contributed by atoms with van der Waals surface area (Å²) in [5, 5.41) is 3.46. The molecule has 0 heterocycles. The second-order valence-corrected chi connectivity index (χ2v) is 6.39. The molecule has 1 nitrogen and oxygen atoms in total. The van der Waals surface area contributed by atoms with E-state index in [1.807, 2.05) is 23.9 Å². The second-order valence-electron chi connectivity index (χ2n) is 5.41. The molecule has 108 valence electrons. The number of benzene rings is 1. The van der Waals surface area contributed by atoms with Crippen LogP contribution in [0.2, 0.25) is 0 Å². The van der Waals surface area contributed by atoms with Gasteiger partial charge in [0, 0.05) is 6.54 Å². The number of nitrogens with one attached hydrogen (secondary N) is 1. The fourth-order valence-corrected chi connectivity index (χ4v) is 2.65. The van der Waals surface area contributed by atoms with Crippen molar-refractivity contribution in [2.45, 2.75) is 32.6 Å². The zero-order chi connectivity index (χ0) is 14.1. The summed E-state index contributed by atoms with van der Waals surface area (Å²) in [5.74, 6) is 2.00. The second kappa shape index (κ2) is 9.38. The molecule has 0 aliphatic heterocycles. The van der Waals surface area contributed by atoms with Crippen LogP contribution in [0.25, 0.3) is 0 Å². The lowest BCUT2D eigenvalue weighted by Crippen LogP contribution is -2.26. The Hall–Kier alpha value is -0.540. The van der Waals surface area contributed by atoms with Crippen LogP contribution in [0.1, 0.15) is 38.2 Å². The van der Waals surface area contributed by atoms with Gasteiger partial charge in [-0.25, -0.2) is 4.39 Å². The van der Waals surface area contributed by atoms with Crippen LogP contribution < -0.4 is 5.32 Å². The van der Waals surface area contributed by atoms with Crippen molar-refractivity contribution in [3.05, 3.63) is 35.6 Å². The minimum atomic E-state index is -0.0667. The highest BCUT2D eigenvalue weighted by Gasteiger charge is 2.15. The van der Waals surface area contributed by atoms with Gasteiger partial charge in [-0.1, -0.05) is 32.0 Å². The normalized spacial score (nSPS) is 12.9. The molecular formula is C16H26FNS. The summed E-state index contributed by atoms with van der Waals surface area (Å²) >= 11 is 1.86. The average molecular weight is 283 g/mol. The smallest absolute Gasteiger partial charge is 0.126 e. The first-order valence-electron chi connectivity index (χ1n) is 7.09. The van der Waals surface area contributed by atoms with Gasteiger partial charge in [0.05, 0.1) is 0 Å². The Labute approximate surface area is 121 Å². The summed E-state index contributed by atoms with van der Waals surface area (Å²) in [6.45, 7) is 6.25. The third kappa shape index (κ3) is 6.44. The first kappa shape index (κ1) is 16.5. The molecule has 0 saturated carbocycles. The zero-order valence-electron chi connectivity index (χ0n) is 12.3. The molecule has 1 rings (SSSR count). The third-order valence-corrected chi connectivity index (χ3v) is 3.89. The van der Waals surface area contributed by atoms with Crippen molar-refractivity contribution in [1.82, 2.24) is 5.32 Å². The monoisotopic (exact) mass is 283 g/mol. The van der Waals surface area contributed by atoms with Gasteiger partial charge in [0.15, 0.2) is 0 Å². The third-order valence-electron chi connectivity index (χ3n) is 3.19. The Morgan fingerprint density at radius 3 is 2.58 bits per heavy atom. The molecule has 0 radical (unpaired) electrons. The average Bonchev–Trinajstić information content (AvgIpc) is 2.37. The van der Waals surface area contributed by atoms with Crippen molar-refractivity contribution >= 4 is 11.8 Å². The van der Waals surface area contributed by atoms with Crippen LogP contribution in [0.5, 0.6) is 0 Å². The van der Waals surface area contributed by atoms with Gasteiger partial charge in [-0.15, -0.1) is 0 Å². The van der Waals surface area contributed by atoms with Gasteiger partial charge in [-0.05, 0) is 54.9 Å². The quantitative estimate of drug-likeness (QED) is 0.678. The van der Waals surface area contributed by atoms with E-state index in [1.165, 1.54) is 0 Å². The predicted octanol–water partition coefficient (Wildman–Crippen LogP) is 4.30. The minimum Gasteiger partial charge on any atom is -0.316 e. The molecule has 0 aliphatic rings. The lowest BCUT2D eigenvalue weighted by molar-refractivity contribution is 0.483. The standard InChI is InChI=1S/C16H26FNS/c1-13(2)11-18-12-14(7-6-10-19-3)15-8-4-5-9-16(15)17/h4-5,8-9,13-14,18H,6-7,10-12H2,1-3H3. The number of halogens is 1. The molecule has 19 heavy (non-hydrogen) atoms. The highest BCUT2D eigenvalue weighted by Crippen LogP contribution is 2.24. The maximum atomic E-state index is 13.9. The first-order chi connectivity index (χ1) is 9.15. The number of hydrogen-bond donors (Lipinski definition) is 1. The van der Waals surface area contributed by atoms with Gasteiger partial charge in [0.1, 0.15) is 5.82 Å². The van der Waals surface area contributed by atoms with Crippen molar-refractivity contribution in [3.8, 4) is 0 Å². The van der Waals surface area contributed by atoms with Crippen molar-refractivity contribution in [2.24, 2.45) is 5.92 Å². The number of thioether (sulfide) groups is 1. The van der Waals surface area contributed by atoms with Crippen molar-refractivity contribution < 1.29 is 4.39 Å². The molecule has 0 fully saturated rings. The lowest BCUT2D eigenvalue weighted by atomic mass is 9.94. The zero-order valence-corrected chi connectivity index (χ0v) is 13.1. The van der Waals surface area contributed by atoms with Crippen LogP contribution >= 0.6 is 11.8 Å². The lowest BCUT2D eigenvalue weighted by Gasteiger charge is -2.19. The Morgan fingerprint density at radius 2 is 1.95 bits per heavy atom. The molecule has 0 amide bonds. The largest absolute Gasteiger partial charge is 0.316 e. The molecule has 1 aromatic carbocycles. The fraction of sp³-hybridized carbons (Fsp3) is 0.625. The van der Waals surface area contributed by atoms with Crippen LogP contribution in [-0.2, 0) is 0 Å². The van der Waals surface area contributed by atoms with E-state index >= 15 is 0 Å². The van der Waals surface area contributed by atoms with E-state index in [0.29, 0.717) is 5.92 Å². The summed E-state index contributed by atoms with van der Waals surface area (Å²) in [6.07, 6.45) is 4.31. The van der Waals surface area contributed by atoms with Crippen molar-refractivity contribution in [3.63, 3.8) is 0 Å². The van der Waals surface area contributed by atoms with E-state index in [0.717, 1.165) is 37.2 Å². The summed E-state index contributed by atoms with van der Waals surface area (Å²) in [5.41, 5.74) is 0.861. The van der Waals surface area contributed by atoms with Crippen LogP contribution in [0, 0.1) is 11.7 Å². The van der Waals surface area contributed by atoms with Gasteiger partial charge in [-0.3, -0.25) is 0 Å². The minimum absolute atomic E-state index is 0.0667. The van der Waals surface area contributed by atoms with E-state index in [9.17, 15) is 4.39 Å². The van der Waals surface area contributed by atoms with E-state index in [-0.39, 0.29) is 11.7 Å². The molecule has 3 heteroatoms. The maximum absolute atomic E-state index is 13.9. The Morgan fingerprint density at radius 1 is 1.21 bits per heavy atom. The maximum Gasteiger partial charge on any atom is 0.126 e. The molecule has 0 bridgehead atoms. The SMILES string of the molecule is CSCCCC(CNCC(C)C)c1ccccc1F. The Balaban J connectivity index is 2.60. The summed E-state index contributed by atoms with van der Waals surface area (Å²) < 4.78 is 13.9. The van der Waals surface area contributed by atoms with E-state index in [4.69, 9.17) is 0 Å². The highest BCUT2D eigenvalue weighted by molar-refractivity contribution is 7.98. The van der Waals surface area contributed by atoms with Crippen LogP contribution in [0.3, 0.4) is 0 Å².